The molecule has 0 spiro atoms. The molecule has 3 nitrogen and oxygen atoms in total. The maximum atomic E-state index is 6.12. The Morgan fingerprint density at radius 1 is 1.00 bits per heavy atom. The molecule has 0 aliphatic rings. The summed E-state index contributed by atoms with van der Waals surface area (Å²) in [6.45, 7) is 1.11. The average molecular weight is 430 g/mol. The smallest absolute Gasteiger partial charge is 0.134 e. The molecule has 0 radical (unpaired) electrons. The zero-order valence-corrected chi connectivity index (χ0v) is 16.4. The lowest BCUT2D eigenvalue weighted by atomic mass is 10.2. The fraction of sp³-hybridized carbons (Fsp3) is 0.0952. The normalized spacial score (nSPS) is 10.8. The lowest BCUT2D eigenvalue weighted by Gasteiger charge is -2.09. The van der Waals surface area contributed by atoms with Crippen LogP contribution >= 0.6 is 27.5 Å². The topological polar surface area (TPSA) is 33.6 Å². The summed E-state index contributed by atoms with van der Waals surface area (Å²) in [5.41, 5.74) is 6.12. The van der Waals surface area contributed by atoms with Crippen molar-refractivity contribution in [1.82, 2.24) is 5.43 Å². The van der Waals surface area contributed by atoms with Gasteiger partial charge in [-0.25, -0.2) is 0 Å². The fourth-order valence-electron chi connectivity index (χ4n) is 2.34. The van der Waals surface area contributed by atoms with Gasteiger partial charge >= 0.3 is 0 Å². The third kappa shape index (κ3) is 5.35. The summed E-state index contributed by atoms with van der Waals surface area (Å²) in [5, 5.41) is 4.98. The highest BCUT2D eigenvalue weighted by atomic mass is 79.9. The van der Waals surface area contributed by atoms with Crippen LogP contribution < -0.4 is 10.2 Å². The molecule has 0 heterocycles. The van der Waals surface area contributed by atoms with E-state index in [0.29, 0.717) is 13.2 Å². The molecule has 0 fully saturated rings. The number of nitrogens with zero attached hydrogens (tertiary/aromatic N) is 1. The van der Waals surface area contributed by atoms with E-state index >= 15 is 0 Å². The van der Waals surface area contributed by atoms with Gasteiger partial charge < -0.3 is 10.2 Å². The van der Waals surface area contributed by atoms with Crippen LogP contribution in [-0.4, -0.2) is 6.21 Å². The first-order valence-electron chi connectivity index (χ1n) is 8.18. The van der Waals surface area contributed by atoms with E-state index in [1.807, 2.05) is 72.8 Å². The lowest BCUT2D eigenvalue weighted by Crippen LogP contribution is -2.06. The van der Waals surface area contributed by atoms with Gasteiger partial charge in [0.1, 0.15) is 12.4 Å². The van der Waals surface area contributed by atoms with Gasteiger partial charge in [0, 0.05) is 5.02 Å². The number of nitrogens with one attached hydrogen (secondary N) is 1. The zero-order chi connectivity index (χ0) is 18.2. The van der Waals surface area contributed by atoms with E-state index in [2.05, 4.69) is 26.5 Å². The predicted octanol–water partition coefficient (Wildman–Crippen LogP) is 5.81. The number of benzene rings is 3. The molecule has 0 aliphatic heterocycles. The van der Waals surface area contributed by atoms with Crippen molar-refractivity contribution >= 4 is 33.7 Å². The van der Waals surface area contributed by atoms with Gasteiger partial charge in [0.05, 0.1) is 17.2 Å². The lowest BCUT2D eigenvalue weighted by molar-refractivity contribution is 0.304. The number of rotatable bonds is 7. The molecule has 26 heavy (non-hydrogen) atoms. The van der Waals surface area contributed by atoms with Crippen LogP contribution in [0.2, 0.25) is 5.02 Å². The van der Waals surface area contributed by atoms with Crippen LogP contribution in [0.4, 0.5) is 0 Å². The molecule has 0 amide bonds. The largest absolute Gasteiger partial charge is 0.488 e. The second-order valence-corrected chi connectivity index (χ2v) is 6.91. The van der Waals surface area contributed by atoms with Gasteiger partial charge in [-0.15, -0.1) is 0 Å². The molecule has 0 atom stereocenters. The molecule has 3 rings (SSSR count). The number of hydrogen-bond donors (Lipinski definition) is 1. The predicted molar refractivity (Wildman–Crippen MR) is 111 cm³/mol. The van der Waals surface area contributed by atoms with E-state index in [-0.39, 0.29) is 0 Å². The zero-order valence-electron chi connectivity index (χ0n) is 14.0. The highest BCUT2D eigenvalue weighted by Gasteiger charge is 2.03. The Kier molecular flexibility index (Phi) is 6.69. The van der Waals surface area contributed by atoms with Crippen molar-refractivity contribution in [1.29, 1.82) is 0 Å². The van der Waals surface area contributed by atoms with Crippen LogP contribution in [0.25, 0.3) is 0 Å². The Morgan fingerprint density at radius 3 is 2.54 bits per heavy atom. The molecule has 3 aromatic rings. The summed E-state index contributed by atoms with van der Waals surface area (Å²) in [6.07, 6.45) is 1.77. The van der Waals surface area contributed by atoms with Crippen LogP contribution in [0.1, 0.15) is 16.7 Å². The standard InChI is InChI=1S/C21H18BrClN2O/c22-19-12-17(13-24-25-14-18-8-4-5-9-20(18)23)10-11-21(19)26-15-16-6-2-1-3-7-16/h1-13,25H,14-15H2/b24-13-. The van der Waals surface area contributed by atoms with E-state index in [0.717, 1.165) is 31.9 Å². The Hall–Kier alpha value is -2.30. The molecular formula is C21H18BrClN2O. The third-order valence-electron chi connectivity index (χ3n) is 3.73. The molecule has 0 aromatic heterocycles. The quantitative estimate of drug-likeness (QED) is 0.380. The third-order valence-corrected chi connectivity index (χ3v) is 4.71. The minimum absolute atomic E-state index is 0.534. The van der Waals surface area contributed by atoms with Crippen LogP contribution in [0.5, 0.6) is 5.75 Å². The molecule has 5 heteroatoms. The van der Waals surface area contributed by atoms with Gasteiger partial charge in [0.25, 0.3) is 0 Å². The van der Waals surface area contributed by atoms with Crippen LogP contribution in [-0.2, 0) is 13.2 Å². The SMILES string of the molecule is Clc1ccccc1CN/N=C\c1ccc(OCc2ccccc2)c(Br)c1. The van der Waals surface area contributed by atoms with Gasteiger partial charge in [0.2, 0.25) is 0 Å². The minimum atomic E-state index is 0.534. The maximum Gasteiger partial charge on any atom is 0.134 e. The second kappa shape index (κ2) is 9.41. The monoisotopic (exact) mass is 428 g/mol. The summed E-state index contributed by atoms with van der Waals surface area (Å²) in [5.74, 6) is 0.801. The maximum absolute atomic E-state index is 6.12. The highest BCUT2D eigenvalue weighted by molar-refractivity contribution is 9.10. The van der Waals surface area contributed by atoms with Crippen molar-refractivity contribution in [2.75, 3.05) is 0 Å². The van der Waals surface area contributed by atoms with Crippen molar-refractivity contribution < 1.29 is 4.74 Å². The number of halogens is 2. The van der Waals surface area contributed by atoms with E-state index < -0.39 is 0 Å². The first-order chi connectivity index (χ1) is 12.7. The number of hydrazone groups is 1. The fourth-order valence-corrected chi connectivity index (χ4v) is 3.06. The Morgan fingerprint density at radius 2 is 1.77 bits per heavy atom. The molecule has 0 saturated carbocycles. The van der Waals surface area contributed by atoms with Gasteiger partial charge in [-0.05, 0) is 56.9 Å². The van der Waals surface area contributed by atoms with Crippen molar-refractivity contribution in [3.05, 3.63) is 99.0 Å². The Balaban J connectivity index is 1.54. The van der Waals surface area contributed by atoms with Crippen LogP contribution in [0.15, 0.2) is 82.4 Å². The number of ether oxygens (including phenoxy) is 1. The van der Waals surface area contributed by atoms with Crippen molar-refractivity contribution in [3.8, 4) is 5.75 Å². The van der Waals surface area contributed by atoms with Gasteiger partial charge in [-0.1, -0.05) is 60.1 Å². The summed E-state index contributed by atoms with van der Waals surface area (Å²) in [6, 6.07) is 23.7. The van der Waals surface area contributed by atoms with Crippen molar-refractivity contribution in [3.63, 3.8) is 0 Å². The molecule has 0 unspecified atom stereocenters. The van der Waals surface area contributed by atoms with E-state index in [1.54, 1.807) is 6.21 Å². The van der Waals surface area contributed by atoms with Crippen LogP contribution in [0.3, 0.4) is 0 Å². The molecule has 0 aliphatic carbocycles. The van der Waals surface area contributed by atoms with E-state index in [1.165, 1.54) is 0 Å². The highest BCUT2D eigenvalue weighted by Crippen LogP contribution is 2.26. The molecule has 0 saturated heterocycles. The molecule has 1 N–H and O–H groups in total. The van der Waals surface area contributed by atoms with Crippen molar-refractivity contribution in [2.45, 2.75) is 13.2 Å². The van der Waals surface area contributed by atoms with E-state index in [9.17, 15) is 0 Å². The van der Waals surface area contributed by atoms with Crippen molar-refractivity contribution in [2.24, 2.45) is 5.10 Å². The van der Waals surface area contributed by atoms with Crippen LogP contribution in [0, 0.1) is 0 Å². The van der Waals surface area contributed by atoms with Gasteiger partial charge in [-0.3, -0.25) is 0 Å². The molecule has 132 valence electrons. The molecule has 3 aromatic carbocycles. The second-order valence-electron chi connectivity index (χ2n) is 5.65. The summed E-state index contributed by atoms with van der Waals surface area (Å²) < 4.78 is 6.74. The summed E-state index contributed by atoms with van der Waals surface area (Å²) in [7, 11) is 0. The van der Waals surface area contributed by atoms with E-state index in [4.69, 9.17) is 16.3 Å². The Labute approximate surface area is 166 Å². The first kappa shape index (κ1) is 18.5. The average Bonchev–Trinajstić information content (AvgIpc) is 2.67. The minimum Gasteiger partial charge on any atom is -0.488 e. The summed E-state index contributed by atoms with van der Waals surface area (Å²) >= 11 is 9.67. The number of hydrogen-bond acceptors (Lipinski definition) is 3. The molecule has 0 bridgehead atoms. The summed E-state index contributed by atoms with van der Waals surface area (Å²) in [4.78, 5) is 0. The first-order valence-corrected chi connectivity index (χ1v) is 9.35. The van der Waals surface area contributed by atoms with Gasteiger partial charge in [-0.2, -0.15) is 5.10 Å². The van der Waals surface area contributed by atoms with Gasteiger partial charge in [0.15, 0.2) is 0 Å². The molecular weight excluding hydrogens is 412 g/mol. The Bertz CT molecular complexity index is 884.